The Morgan fingerprint density at radius 2 is 2.05 bits per heavy atom. The number of amides is 1. The topological polar surface area (TPSA) is 75.7 Å². The Kier molecular flexibility index (Phi) is 5.42. The van der Waals surface area contributed by atoms with Crippen molar-refractivity contribution < 1.29 is 17.9 Å². The minimum atomic E-state index is -3.52. The molecule has 0 bridgehead atoms. The number of carbonyl (C=O) groups is 1. The maximum Gasteiger partial charge on any atom is 0.239 e. The normalized spacial score (nSPS) is 18.5. The van der Waals surface area contributed by atoms with Crippen LogP contribution in [0.4, 0.5) is 0 Å². The van der Waals surface area contributed by atoms with Crippen molar-refractivity contribution in [1.29, 1.82) is 0 Å². The summed E-state index contributed by atoms with van der Waals surface area (Å²) in [6.07, 6.45) is 2.54. The first-order valence-electron chi connectivity index (χ1n) is 7.29. The van der Waals surface area contributed by atoms with E-state index in [9.17, 15) is 13.2 Å². The van der Waals surface area contributed by atoms with Crippen LogP contribution >= 0.6 is 0 Å². The largest absolute Gasteiger partial charge is 0.497 e. The maximum atomic E-state index is 12.2. The maximum absolute atomic E-state index is 12.2. The molecule has 1 saturated heterocycles. The predicted octanol–water partition coefficient (Wildman–Crippen LogP) is 0.778. The summed E-state index contributed by atoms with van der Waals surface area (Å²) in [4.78, 5) is 13.9. The molecule has 6 nitrogen and oxygen atoms in total. The zero-order chi connectivity index (χ0) is 16.2. The molecule has 0 spiro atoms. The molecule has 1 aliphatic heterocycles. The number of carbonyl (C=O) groups excluding carboxylic acids is 1. The van der Waals surface area contributed by atoms with Gasteiger partial charge >= 0.3 is 0 Å². The first kappa shape index (κ1) is 16.8. The van der Waals surface area contributed by atoms with E-state index in [0.717, 1.165) is 30.6 Å². The molecule has 2 rings (SSSR count). The van der Waals surface area contributed by atoms with Gasteiger partial charge in [-0.05, 0) is 44.0 Å². The average molecular weight is 326 g/mol. The lowest BCUT2D eigenvalue weighted by Gasteiger charge is -2.24. The van der Waals surface area contributed by atoms with Crippen molar-refractivity contribution in [1.82, 2.24) is 9.62 Å². The molecule has 0 radical (unpaired) electrons. The van der Waals surface area contributed by atoms with Crippen LogP contribution in [0.15, 0.2) is 24.3 Å². The third-order valence-corrected chi connectivity index (χ3v) is 5.20. The van der Waals surface area contributed by atoms with Crippen molar-refractivity contribution in [3.8, 4) is 5.75 Å². The summed E-state index contributed by atoms with van der Waals surface area (Å²) < 4.78 is 30.4. The van der Waals surface area contributed by atoms with Crippen molar-refractivity contribution in [3.05, 3.63) is 29.8 Å². The van der Waals surface area contributed by atoms with Crippen LogP contribution < -0.4 is 9.46 Å². The van der Waals surface area contributed by atoms with Gasteiger partial charge in [-0.3, -0.25) is 4.79 Å². The highest BCUT2D eigenvalue weighted by Crippen LogP contribution is 2.22. The molecule has 1 aromatic rings. The number of benzene rings is 1. The van der Waals surface area contributed by atoms with E-state index in [1.54, 1.807) is 12.0 Å². The van der Waals surface area contributed by atoms with E-state index in [4.69, 9.17) is 4.74 Å². The number of ether oxygens (including phenoxy) is 1. The Morgan fingerprint density at radius 1 is 1.36 bits per heavy atom. The SMILES string of the molecule is CNS(=O)(=O)CC(=O)N1CCCC1Cc1ccc(OC)cc1. The summed E-state index contributed by atoms with van der Waals surface area (Å²) in [6.45, 7) is 0.624. The molecular formula is C15H22N2O4S. The van der Waals surface area contributed by atoms with Crippen LogP contribution in [0.5, 0.6) is 5.75 Å². The van der Waals surface area contributed by atoms with Gasteiger partial charge < -0.3 is 9.64 Å². The van der Waals surface area contributed by atoms with Crippen molar-refractivity contribution >= 4 is 15.9 Å². The van der Waals surface area contributed by atoms with E-state index in [1.165, 1.54) is 7.05 Å². The molecule has 0 aliphatic carbocycles. The molecule has 1 aliphatic rings. The van der Waals surface area contributed by atoms with Gasteiger partial charge in [0.25, 0.3) is 0 Å². The molecule has 7 heteroatoms. The van der Waals surface area contributed by atoms with E-state index in [-0.39, 0.29) is 11.9 Å². The van der Waals surface area contributed by atoms with Crippen LogP contribution in [0.25, 0.3) is 0 Å². The quantitative estimate of drug-likeness (QED) is 0.838. The average Bonchev–Trinajstić information content (AvgIpc) is 2.96. The summed E-state index contributed by atoms with van der Waals surface area (Å²) >= 11 is 0. The highest BCUT2D eigenvalue weighted by molar-refractivity contribution is 7.90. The van der Waals surface area contributed by atoms with Gasteiger partial charge in [-0.15, -0.1) is 0 Å². The van der Waals surface area contributed by atoms with Crippen LogP contribution in [0, 0.1) is 0 Å². The number of hydrogen-bond acceptors (Lipinski definition) is 4. The van der Waals surface area contributed by atoms with Crippen molar-refractivity contribution in [2.75, 3.05) is 26.5 Å². The van der Waals surface area contributed by atoms with Gasteiger partial charge in [-0.1, -0.05) is 12.1 Å². The number of methoxy groups -OCH3 is 1. The highest BCUT2D eigenvalue weighted by Gasteiger charge is 2.30. The highest BCUT2D eigenvalue weighted by atomic mass is 32.2. The smallest absolute Gasteiger partial charge is 0.239 e. The van der Waals surface area contributed by atoms with Gasteiger partial charge in [0.05, 0.1) is 7.11 Å². The summed E-state index contributed by atoms with van der Waals surface area (Å²) in [5.41, 5.74) is 1.11. The number of sulfonamides is 1. The number of nitrogens with zero attached hydrogens (tertiary/aromatic N) is 1. The zero-order valence-electron chi connectivity index (χ0n) is 12.9. The van der Waals surface area contributed by atoms with Gasteiger partial charge in [0.1, 0.15) is 11.5 Å². The second-order valence-corrected chi connectivity index (χ2v) is 7.33. The molecule has 1 unspecified atom stereocenters. The zero-order valence-corrected chi connectivity index (χ0v) is 13.7. The molecule has 1 fully saturated rings. The van der Waals surface area contributed by atoms with Crippen LogP contribution in [-0.2, 0) is 21.2 Å². The monoisotopic (exact) mass is 326 g/mol. The van der Waals surface area contributed by atoms with Crippen LogP contribution in [0.2, 0.25) is 0 Å². The van der Waals surface area contributed by atoms with Crippen LogP contribution in [0.1, 0.15) is 18.4 Å². The summed E-state index contributed by atoms with van der Waals surface area (Å²) in [6, 6.07) is 7.80. The Balaban J connectivity index is 2.02. The third kappa shape index (κ3) is 4.20. The second-order valence-electron chi connectivity index (χ2n) is 5.40. The predicted molar refractivity (Wildman–Crippen MR) is 84.3 cm³/mol. The first-order valence-corrected chi connectivity index (χ1v) is 8.94. The minimum Gasteiger partial charge on any atom is -0.497 e. The van der Waals surface area contributed by atoms with Gasteiger partial charge in [-0.2, -0.15) is 0 Å². The lowest BCUT2D eigenvalue weighted by atomic mass is 10.0. The van der Waals surface area contributed by atoms with E-state index in [2.05, 4.69) is 4.72 Å². The standard InChI is InChI=1S/C15H22N2O4S/c1-16-22(19,20)11-15(18)17-9-3-4-13(17)10-12-5-7-14(21-2)8-6-12/h5-8,13,16H,3-4,9-11H2,1-2H3. The number of likely N-dealkylation sites (tertiary alicyclic amines) is 1. The Hall–Kier alpha value is -1.60. The molecule has 1 N–H and O–H groups in total. The van der Waals surface area contributed by atoms with Crippen molar-refractivity contribution in [2.24, 2.45) is 0 Å². The fourth-order valence-electron chi connectivity index (χ4n) is 2.73. The molecule has 22 heavy (non-hydrogen) atoms. The Labute approximate surface area is 131 Å². The van der Waals surface area contributed by atoms with Gasteiger partial charge in [0.2, 0.25) is 15.9 Å². The molecular weight excluding hydrogens is 304 g/mol. The fourth-order valence-corrected chi connectivity index (χ4v) is 3.36. The fraction of sp³-hybridized carbons (Fsp3) is 0.533. The van der Waals surface area contributed by atoms with Crippen molar-refractivity contribution in [2.45, 2.75) is 25.3 Å². The number of rotatable bonds is 6. The summed E-state index contributed by atoms with van der Waals surface area (Å²) in [7, 11) is -0.579. The number of hydrogen-bond donors (Lipinski definition) is 1. The van der Waals surface area contributed by atoms with Gasteiger partial charge in [0.15, 0.2) is 0 Å². The van der Waals surface area contributed by atoms with Crippen molar-refractivity contribution in [3.63, 3.8) is 0 Å². The Bertz CT molecular complexity index is 613. The summed E-state index contributed by atoms with van der Waals surface area (Å²) in [5.74, 6) is -0.0172. The molecule has 1 amide bonds. The summed E-state index contributed by atoms with van der Waals surface area (Å²) in [5, 5.41) is 0. The van der Waals surface area contributed by atoms with Crippen LogP contribution in [-0.4, -0.2) is 51.7 Å². The molecule has 1 atom stereocenters. The molecule has 122 valence electrons. The molecule has 1 heterocycles. The van der Waals surface area contributed by atoms with Crippen LogP contribution in [0.3, 0.4) is 0 Å². The third-order valence-electron chi connectivity index (χ3n) is 3.95. The van der Waals surface area contributed by atoms with E-state index < -0.39 is 15.8 Å². The minimum absolute atomic E-state index is 0.0629. The van der Waals surface area contributed by atoms with E-state index in [1.807, 2.05) is 24.3 Å². The lowest BCUT2D eigenvalue weighted by Crippen LogP contribution is -2.42. The van der Waals surface area contributed by atoms with Gasteiger partial charge in [-0.25, -0.2) is 13.1 Å². The number of nitrogens with one attached hydrogen (secondary N) is 1. The lowest BCUT2D eigenvalue weighted by molar-refractivity contribution is -0.129. The second kappa shape index (κ2) is 7.11. The molecule has 0 saturated carbocycles. The Morgan fingerprint density at radius 3 is 2.64 bits per heavy atom. The first-order chi connectivity index (χ1) is 10.4. The molecule has 1 aromatic carbocycles. The van der Waals surface area contributed by atoms with Gasteiger partial charge in [0, 0.05) is 12.6 Å². The molecule has 0 aromatic heterocycles. The van der Waals surface area contributed by atoms with E-state index in [0.29, 0.717) is 6.54 Å². The van der Waals surface area contributed by atoms with E-state index >= 15 is 0 Å².